The number of halogens is 6. The van der Waals surface area contributed by atoms with Gasteiger partial charge in [-0.15, -0.1) is 0 Å². The van der Waals surface area contributed by atoms with Crippen molar-refractivity contribution in [1.29, 1.82) is 0 Å². The van der Waals surface area contributed by atoms with E-state index in [0.717, 1.165) is 17.9 Å². The van der Waals surface area contributed by atoms with E-state index < -0.39 is 32.0 Å². The maximum atomic E-state index is 12.3. The van der Waals surface area contributed by atoms with Crippen LogP contribution >= 0.6 is 0 Å². The lowest BCUT2D eigenvalue weighted by atomic mass is 9.71. The lowest BCUT2D eigenvalue weighted by Gasteiger charge is -2.34. The van der Waals surface area contributed by atoms with Gasteiger partial charge in [0, 0.05) is 25.3 Å². The molecule has 0 aliphatic heterocycles. The highest BCUT2D eigenvalue weighted by atomic mass is 19.4. The lowest BCUT2D eigenvalue weighted by Crippen LogP contribution is -2.24. The number of aliphatic hydroxyl groups excluding tert-OH is 1. The van der Waals surface area contributed by atoms with Crippen molar-refractivity contribution in [3.05, 3.63) is 65.0 Å². The summed E-state index contributed by atoms with van der Waals surface area (Å²) in [4.78, 5) is 14.6. The van der Waals surface area contributed by atoms with Gasteiger partial charge < -0.3 is 10.2 Å². The smallest absolute Gasteiger partial charge is 0.371 e. The Morgan fingerprint density at radius 3 is 2.08 bits per heavy atom. The van der Waals surface area contributed by atoms with Crippen molar-refractivity contribution < 1.29 is 42.8 Å². The third-order valence-electron chi connectivity index (χ3n) is 5.73. The molecule has 4 nitrogen and oxygen atoms in total. The van der Waals surface area contributed by atoms with Crippen LogP contribution in [0.3, 0.4) is 0 Å². The Labute approximate surface area is 208 Å². The number of rotatable bonds is 7. The van der Waals surface area contributed by atoms with Gasteiger partial charge in [0.15, 0.2) is 5.78 Å². The first-order chi connectivity index (χ1) is 16.8. The van der Waals surface area contributed by atoms with Crippen molar-refractivity contribution >= 4 is 5.78 Å². The topological polar surface area (TPSA) is 70.4 Å². The lowest BCUT2D eigenvalue weighted by molar-refractivity contribution is -0.134. The van der Waals surface area contributed by atoms with Crippen LogP contribution in [0.2, 0.25) is 0 Å². The second-order valence-electron chi connectivity index (χ2n) is 8.78. The van der Waals surface area contributed by atoms with Crippen LogP contribution in [0.15, 0.2) is 42.6 Å². The molecule has 204 valence electrons. The molecule has 1 aliphatic carbocycles. The summed E-state index contributed by atoms with van der Waals surface area (Å²) in [5.41, 5.74) is 2.19. The number of ketones is 1. The number of aryl methyl sites for hydroxylation is 1. The van der Waals surface area contributed by atoms with Gasteiger partial charge in [-0.2, -0.15) is 26.3 Å². The summed E-state index contributed by atoms with van der Waals surface area (Å²) in [6.45, 7) is 2.83. The molecule has 0 unspecified atom stereocenters. The Morgan fingerprint density at radius 2 is 1.61 bits per heavy atom. The Balaban J connectivity index is 0.000000627. The van der Waals surface area contributed by atoms with Crippen LogP contribution in [0.4, 0.5) is 26.3 Å². The van der Waals surface area contributed by atoms with Crippen molar-refractivity contribution in [2.24, 2.45) is 11.8 Å². The fourth-order valence-electron chi connectivity index (χ4n) is 3.86. The number of carbonyl (C=O) groups is 1. The first-order valence-corrected chi connectivity index (χ1v) is 11.6. The Hall–Kier alpha value is -2.46. The molecule has 3 rings (SSSR count). The highest BCUT2D eigenvalue weighted by Gasteiger charge is 2.29. The van der Waals surface area contributed by atoms with E-state index in [1.54, 1.807) is 18.2 Å². The molecule has 1 heterocycles. The van der Waals surface area contributed by atoms with Crippen LogP contribution in [0.25, 0.3) is 0 Å². The van der Waals surface area contributed by atoms with Gasteiger partial charge in [-0.25, -0.2) is 0 Å². The average Bonchev–Trinajstić information content (AvgIpc) is 2.74. The largest absolute Gasteiger partial charge is 0.393 e. The first kappa shape index (κ1) is 31.6. The molecule has 10 heteroatoms. The fourth-order valence-corrected chi connectivity index (χ4v) is 3.86. The zero-order valence-electron chi connectivity index (χ0n) is 20.4. The van der Waals surface area contributed by atoms with E-state index in [4.69, 9.17) is 10.2 Å². The molecule has 2 aromatic rings. The Bertz CT molecular complexity index is 914. The normalized spacial score (nSPS) is 17.2. The number of aromatic nitrogens is 1. The summed E-state index contributed by atoms with van der Waals surface area (Å²) >= 11 is 0. The van der Waals surface area contributed by atoms with E-state index in [1.165, 1.54) is 44.5 Å². The summed E-state index contributed by atoms with van der Waals surface area (Å²) in [5.74, 6) is 1.37. The van der Waals surface area contributed by atoms with Gasteiger partial charge in [0.2, 0.25) is 0 Å². The number of alkyl halides is 6. The van der Waals surface area contributed by atoms with Crippen LogP contribution in [0.5, 0.6) is 0 Å². The minimum absolute atomic E-state index is 0. The Kier molecular flexibility index (Phi) is 13.1. The van der Waals surface area contributed by atoms with E-state index in [-0.39, 0.29) is 13.6 Å². The predicted molar refractivity (Wildman–Crippen MR) is 126 cm³/mol. The fraction of sp³-hybridized carbons (Fsp3) is 0.538. The van der Waals surface area contributed by atoms with Crippen LogP contribution in [0, 0.1) is 11.8 Å². The molecule has 0 bridgehead atoms. The van der Waals surface area contributed by atoms with Gasteiger partial charge in [-0.1, -0.05) is 37.6 Å². The van der Waals surface area contributed by atoms with Crippen molar-refractivity contribution in [1.82, 2.24) is 4.98 Å². The zero-order valence-corrected chi connectivity index (χ0v) is 20.4. The molecule has 0 saturated heterocycles. The molecule has 0 amide bonds. The molecule has 1 saturated carbocycles. The maximum absolute atomic E-state index is 12.3. The molecule has 1 fully saturated rings. The number of Topliss-reactive ketones (excluding diaryl/α,β-unsaturated/α-hetero) is 1. The highest BCUT2D eigenvalue weighted by Crippen LogP contribution is 2.38. The van der Waals surface area contributed by atoms with Gasteiger partial charge in [0.25, 0.3) is 0 Å². The second-order valence-corrected chi connectivity index (χ2v) is 8.78. The third-order valence-corrected chi connectivity index (χ3v) is 5.73. The number of hydrogen-bond acceptors (Lipinski definition) is 4. The highest BCUT2D eigenvalue weighted by molar-refractivity contribution is 5.93. The zero-order chi connectivity index (χ0) is 27.4. The number of pyridine rings is 1. The molecule has 1 aromatic carbocycles. The van der Waals surface area contributed by atoms with Crippen LogP contribution < -0.4 is 0 Å². The second kappa shape index (κ2) is 14.9. The predicted octanol–water partition coefficient (Wildman–Crippen LogP) is 6.72. The quantitative estimate of drug-likeness (QED) is 0.240. The number of hydrogen-bond donors (Lipinski definition) is 2. The standard InChI is InChI=1S/C15H19F3.C10H10F3NO.CH4O2.H2/c1-2-11-6-14(7-11)9-12-4-3-5-13(8-12)10-15(16,17)18;1-7(15)8-2-3-9(14-6-8)4-5-10(11,12)13;2-1-3;/h3-5,8,11,14H,2,6-7,9-10H2,1H3;2-3,6H,4-5H2,1H3;2-3H,1H2;1H. The molecular formula is C26H35F6NO3. The number of benzene rings is 1. The summed E-state index contributed by atoms with van der Waals surface area (Å²) in [6.07, 6.45) is -4.20. The van der Waals surface area contributed by atoms with Crippen molar-refractivity contribution in [3.63, 3.8) is 0 Å². The van der Waals surface area contributed by atoms with E-state index in [9.17, 15) is 31.1 Å². The number of aliphatic hydroxyl groups is 2. The summed E-state index contributed by atoms with van der Waals surface area (Å²) in [5, 5.41) is 14.2. The first-order valence-electron chi connectivity index (χ1n) is 11.6. The molecule has 0 atom stereocenters. The van der Waals surface area contributed by atoms with E-state index in [1.807, 2.05) is 6.07 Å². The maximum Gasteiger partial charge on any atom is 0.393 e. The molecule has 36 heavy (non-hydrogen) atoms. The van der Waals surface area contributed by atoms with E-state index >= 15 is 0 Å². The molecule has 1 aliphatic rings. The third kappa shape index (κ3) is 13.6. The van der Waals surface area contributed by atoms with E-state index in [2.05, 4.69) is 11.9 Å². The van der Waals surface area contributed by atoms with Gasteiger partial charge in [0.05, 0.1) is 6.42 Å². The molecule has 0 radical (unpaired) electrons. The average molecular weight is 524 g/mol. The summed E-state index contributed by atoms with van der Waals surface area (Å²) in [7, 11) is 0. The minimum Gasteiger partial charge on any atom is -0.371 e. The van der Waals surface area contributed by atoms with Crippen LogP contribution in [-0.4, -0.2) is 40.1 Å². The number of carbonyl (C=O) groups excluding carboxylic acids is 1. The van der Waals surface area contributed by atoms with Crippen molar-refractivity contribution in [2.45, 2.75) is 71.1 Å². The monoisotopic (exact) mass is 523 g/mol. The summed E-state index contributed by atoms with van der Waals surface area (Å²) < 4.78 is 72.5. The van der Waals surface area contributed by atoms with Gasteiger partial charge in [-0.05, 0) is 67.7 Å². The number of nitrogens with zero attached hydrogens (tertiary/aromatic N) is 1. The molecule has 0 spiro atoms. The minimum atomic E-state index is -4.17. The van der Waals surface area contributed by atoms with Crippen molar-refractivity contribution in [3.8, 4) is 0 Å². The van der Waals surface area contributed by atoms with Gasteiger partial charge >= 0.3 is 12.4 Å². The van der Waals surface area contributed by atoms with Gasteiger partial charge in [-0.3, -0.25) is 9.78 Å². The van der Waals surface area contributed by atoms with Crippen LogP contribution in [0.1, 0.15) is 68.1 Å². The van der Waals surface area contributed by atoms with Crippen LogP contribution in [-0.2, 0) is 19.3 Å². The van der Waals surface area contributed by atoms with E-state index in [0.29, 0.717) is 22.7 Å². The molecule has 1 aromatic heterocycles. The van der Waals surface area contributed by atoms with Gasteiger partial charge in [0.1, 0.15) is 6.79 Å². The molecular weight excluding hydrogens is 488 g/mol. The summed E-state index contributed by atoms with van der Waals surface area (Å²) in [6, 6.07) is 9.90. The molecule has 2 N–H and O–H groups in total. The van der Waals surface area contributed by atoms with Crippen molar-refractivity contribution in [2.75, 3.05) is 6.79 Å². The Morgan fingerprint density at radius 1 is 1.00 bits per heavy atom. The SMILES string of the molecule is CC(=O)c1ccc(CCC(F)(F)F)nc1.CCC1CC(Cc2cccc(CC(F)(F)F)c2)C1.OCO.[HH].